The Morgan fingerprint density at radius 1 is 1.11 bits per heavy atom. The minimum atomic E-state index is -0.237. The van der Waals surface area contributed by atoms with Crippen LogP contribution >= 0.6 is 35.0 Å². The average Bonchev–Trinajstić information content (AvgIpc) is 2.63. The molecule has 0 heterocycles. The van der Waals surface area contributed by atoms with Crippen molar-refractivity contribution >= 4 is 52.5 Å². The predicted octanol–water partition coefficient (Wildman–Crippen LogP) is 5.48. The fraction of sp³-hybridized carbons (Fsp3) is 0.300. The van der Waals surface area contributed by atoms with Crippen LogP contribution in [0.4, 0.5) is 5.69 Å². The van der Waals surface area contributed by atoms with E-state index in [1.54, 1.807) is 17.0 Å². The largest absolute Gasteiger partial charge is 0.338 e. The van der Waals surface area contributed by atoms with Gasteiger partial charge in [0.1, 0.15) is 0 Å². The molecular weight excluding hydrogens is 403 g/mol. The number of hydrogen-bond acceptors (Lipinski definition) is 3. The lowest BCUT2D eigenvalue weighted by atomic mass is 10.2. The Hall–Kier alpha value is -1.69. The summed E-state index contributed by atoms with van der Waals surface area (Å²) in [4.78, 5) is 26.7. The van der Waals surface area contributed by atoms with E-state index >= 15 is 0 Å². The van der Waals surface area contributed by atoms with Gasteiger partial charge in [0, 0.05) is 30.6 Å². The van der Waals surface area contributed by atoms with Gasteiger partial charge in [0.15, 0.2) is 0 Å². The zero-order valence-corrected chi connectivity index (χ0v) is 17.8. The Labute approximate surface area is 174 Å². The molecule has 1 unspecified atom stereocenters. The molecule has 7 heteroatoms. The Kier molecular flexibility index (Phi) is 8.02. The van der Waals surface area contributed by atoms with Crippen molar-refractivity contribution in [2.24, 2.45) is 0 Å². The molecule has 0 aliphatic heterocycles. The third-order valence-electron chi connectivity index (χ3n) is 3.89. The molecule has 2 aromatic rings. The van der Waals surface area contributed by atoms with Crippen LogP contribution in [-0.2, 0) is 16.1 Å². The first-order valence-corrected chi connectivity index (χ1v) is 10.2. The molecule has 0 spiro atoms. The van der Waals surface area contributed by atoms with Gasteiger partial charge in [0.25, 0.3) is 0 Å². The Morgan fingerprint density at radius 3 is 2.33 bits per heavy atom. The Balaban J connectivity index is 2.00. The van der Waals surface area contributed by atoms with E-state index in [-0.39, 0.29) is 17.1 Å². The molecule has 0 bridgehead atoms. The highest BCUT2D eigenvalue weighted by atomic mass is 35.5. The normalized spacial score (nSPS) is 11.7. The number of halogens is 2. The summed E-state index contributed by atoms with van der Waals surface area (Å²) in [5.41, 5.74) is 1.68. The maximum atomic E-state index is 12.8. The van der Waals surface area contributed by atoms with Crippen molar-refractivity contribution in [2.75, 3.05) is 11.9 Å². The predicted molar refractivity (Wildman–Crippen MR) is 114 cm³/mol. The molecule has 27 heavy (non-hydrogen) atoms. The molecule has 2 aromatic carbocycles. The van der Waals surface area contributed by atoms with Gasteiger partial charge in [0.05, 0.1) is 15.3 Å². The lowest BCUT2D eigenvalue weighted by Crippen LogP contribution is -2.35. The van der Waals surface area contributed by atoms with E-state index in [2.05, 4.69) is 5.32 Å². The summed E-state index contributed by atoms with van der Waals surface area (Å²) >= 11 is 13.5. The molecule has 0 aliphatic rings. The van der Waals surface area contributed by atoms with Crippen LogP contribution in [0.5, 0.6) is 0 Å². The topological polar surface area (TPSA) is 49.4 Å². The number of thioether (sulfide) groups is 1. The van der Waals surface area contributed by atoms with Gasteiger partial charge < -0.3 is 10.2 Å². The fourth-order valence-electron chi connectivity index (χ4n) is 2.54. The lowest BCUT2D eigenvalue weighted by molar-refractivity contribution is -0.130. The standard InChI is InChI=1S/C20H22Cl2N2O2S/c1-4-24(12-15-5-10-18(21)19(22)11-15)20(26)13(2)27-17-8-6-16(7-9-17)23-14(3)25/h5-11,13H,4,12H2,1-3H3,(H,23,25). The van der Waals surface area contributed by atoms with Gasteiger partial charge >= 0.3 is 0 Å². The lowest BCUT2D eigenvalue weighted by Gasteiger charge is -2.24. The maximum absolute atomic E-state index is 12.8. The summed E-state index contributed by atoms with van der Waals surface area (Å²) in [6, 6.07) is 12.9. The number of nitrogens with zero attached hydrogens (tertiary/aromatic N) is 1. The Morgan fingerprint density at radius 2 is 1.78 bits per heavy atom. The van der Waals surface area contributed by atoms with Gasteiger partial charge in [-0.15, -0.1) is 11.8 Å². The number of hydrogen-bond donors (Lipinski definition) is 1. The number of carbonyl (C=O) groups excluding carboxylic acids is 2. The van der Waals surface area contributed by atoms with Crippen molar-refractivity contribution < 1.29 is 9.59 Å². The van der Waals surface area contributed by atoms with Crippen molar-refractivity contribution in [1.82, 2.24) is 4.90 Å². The van der Waals surface area contributed by atoms with E-state index in [4.69, 9.17) is 23.2 Å². The van der Waals surface area contributed by atoms with Crippen molar-refractivity contribution in [2.45, 2.75) is 37.5 Å². The molecule has 2 amide bonds. The van der Waals surface area contributed by atoms with E-state index in [0.717, 1.165) is 16.1 Å². The second-order valence-corrected chi connectivity index (χ2v) is 8.30. The van der Waals surface area contributed by atoms with Crippen LogP contribution in [0.15, 0.2) is 47.4 Å². The zero-order valence-electron chi connectivity index (χ0n) is 15.5. The van der Waals surface area contributed by atoms with Gasteiger partial charge in [-0.1, -0.05) is 29.3 Å². The van der Waals surface area contributed by atoms with Crippen molar-refractivity contribution in [1.29, 1.82) is 0 Å². The van der Waals surface area contributed by atoms with Crippen LogP contribution in [-0.4, -0.2) is 28.5 Å². The number of anilines is 1. The van der Waals surface area contributed by atoms with Crippen molar-refractivity contribution in [3.8, 4) is 0 Å². The smallest absolute Gasteiger partial charge is 0.236 e. The first kappa shape index (κ1) is 21.6. The summed E-state index contributed by atoms with van der Waals surface area (Å²) in [5.74, 6) is -0.0562. The highest BCUT2D eigenvalue weighted by Crippen LogP contribution is 2.27. The molecule has 1 atom stereocenters. The molecule has 144 valence electrons. The van der Waals surface area contributed by atoms with Crippen LogP contribution < -0.4 is 5.32 Å². The van der Waals surface area contributed by atoms with Gasteiger partial charge in [-0.25, -0.2) is 0 Å². The van der Waals surface area contributed by atoms with Gasteiger partial charge in [0.2, 0.25) is 11.8 Å². The fourth-order valence-corrected chi connectivity index (χ4v) is 3.81. The van der Waals surface area contributed by atoms with Crippen molar-refractivity contribution in [3.63, 3.8) is 0 Å². The third kappa shape index (κ3) is 6.45. The van der Waals surface area contributed by atoms with E-state index in [1.165, 1.54) is 18.7 Å². The van der Waals surface area contributed by atoms with Gasteiger partial charge in [-0.05, 0) is 55.8 Å². The van der Waals surface area contributed by atoms with E-state index in [0.29, 0.717) is 23.1 Å². The molecular formula is C20H22Cl2N2O2S. The number of nitrogens with one attached hydrogen (secondary N) is 1. The number of rotatable bonds is 7. The number of carbonyl (C=O) groups is 2. The minimum Gasteiger partial charge on any atom is -0.338 e. The number of amides is 2. The van der Waals surface area contributed by atoms with Gasteiger partial charge in [-0.3, -0.25) is 9.59 Å². The molecule has 2 rings (SSSR count). The molecule has 1 N–H and O–H groups in total. The third-order valence-corrected chi connectivity index (χ3v) is 5.72. The number of benzene rings is 2. The van der Waals surface area contributed by atoms with Crippen molar-refractivity contribution in [3.05, 3.63) is 58.1 Å². The van der Waals surface area contributed by atoms with E-state index in [9.17, 15) is 9.59 Å². The van der Waals surface area contributed by atoms with Gasteiger partial charge in [-0.2, -0.15) is 0 Å². The summed E-state index contributed by atoms with van der Waals surface area (Å²) in [6.07, 6.45) is 0. The summed E-state index contributed by atoms with van der Waals surface area (Å²) in [5, 5.41) is 3.48. The van der Waals surface area contributed by atoms with E-state index < -0.39 is 0 Å². The average molecular weight is 425 g/mol. The monoisotopic (exact) mass is 424 g/mol. The first-order chi connectivity index (χ1) is 12.8. The SMILES string of the molecule is CCN(Cc1ccc(Cl)c(Cl)c1)C(=O)C(C)Sc1ccc(NC(C)=O)cc1. The van der Waals surface area contributed by atoms with Crippen LogP contribution in [0.25, 0.3) is 0 Å². The summed E-state index contributed by atoms with van der Waals surface area (Å²) in [7, 11) is 0. The maximum Gasteiger partial charge on any atom is 0.236 e. The second-order valence-electron chi connectivity index (χ2n) is 6.07. The second kappa shape index (κ2) is 10.0. The highest BCUT2D eigenvalue weighted by Gasteiger charge is 2.21. The molecule has 4 nitrogen and oxygen atoms in total. The molecule has 0 saturated carbocycles. The summed E-state index contributed by atoms with van der Waals surface area (Å²) < 4.78 is 0. The quantitative estimate of drug-likeness (QED) is 0.598. The van der Waals surface area contributed by atoms with Crippen LogP contribution in [0.2, 0.25) is 10.0 Å². The van der Waals surface area contributed by atoms with Crippen LogP contribution in [0.3, 0.4) is 0 Å². The summed E-state index contributed by atoms with van der Waals surface area (Å²) in [6.45, 7) is 6.40. The highest BCUT2D eigenvalue weighted by molar-refractivity contribution is 8.00. The van der Waals surface area contributed by atoms with Crippen LogP contribution in [0.1, 0.15) is 26.3 Å². The Bertz CT molecular complexity index is 812. The minimum absolute atomic E-state index is 0.0551. The zero-order chi connectivity index (χ0) is 20.0. The molecule has 0 saturated heterocycles. The van der Waals surface area contributed by atoms with Crippen LogP contribution in [0, 0.1) is 0 Å². The molecule has 0 radical (unpaired) electrons. The first-order valence-electron chi connectivity index (χ1n) is 8.57. The molecule has 0 aromatic heterocycles. The molecule has 0 aliphatic carbocycles. The molecule has 0 fully saturated rings. The van der Waals surface area contributed by atoms with E-state index in [1.807, 2.05) is 44.2 Å².